The number of hydrogen-bond acceptors (Lipinski definition) is 3. The van der Waals surface area contributed by atoms with Crippen LogP contribution >= 0.6 is 15.9 Å². The van der Waals surface area contributed by atoms with Gasteiger partial charge in [-0.25, -0.2) is 4.79 Å². The molecule has 0 aromatic heterocycles. The van der Waals surface area contributed by atoms with E-state index in [-0.39, 0.29) is 11.9 Å². The quantitative estimate of drug-likeness (QED) is 0.822. The maximum absolute atomic E-state index is 12.6. The van der Waals surface area contributed by atoms with Gasteiger partial charge in [0.05, 0.1) is 17.3 Å². The highest BCUT2D eigenvalue weighted by atomic mass is 79.9. The number of anilines is 2. The largest absolute Gasteiger partial charge is 0.481 e. The first-order chi connectivity index (χ1) is 11.5. The van der Waals surface area contributed by atoms with E-state index in [1.807, 2.05) is 18.2 Å². The summed E-state index contributed by atoms with van der Waals surface area (Å²) in [6.45, 7) is 2.98. The van der Waals surface area contributed by atoms with E-state index in [1.165, 1.54) is 12.8 Å². The maximum atomic E-state index is 12.6. The van der Waals surface area contributed by atoms with Crippen molar-refractivity contribution in [3.05, 3.63) is 22.7 Å². The van der Waals surface area contributed by atoms with Crippen LogP contribution in [0.4, 0.5) is 16.2 Å². The Balaban J connectivity index is 1.68. The first-order valence-electron chi connectivity index (χ1n) is 8.38. The molecule has 0 bridgehead atoms. The molecule has 6 nitrogen and oxygen atoms in total. The van der Waals surface area contributed by atoms with Crippen molar-refractivity contribution in [3.63, 3.8) is 0 Å². The minimum absolute atomic E-state index is 0.155. The molecule has 2 aliphatic rings. The third-order valence-corrected chi connectivity index (χ3v) is 5.27. The highest BCUT2D eigenvalue weighted by molar-refractivity contribution is 9.10. The van der Waals surface area contributed by atoms with Gasteiger partial charge in [0.1, 0.15) is 0 Å². The Hall–Kier alpha value is -1.76. The van der Waals surface area contributed by atoms with Crippen LogP contribution in [-0.2, 0) is 4.79 Å². The van der Waals surface area contributed by atoms with Gasteiger partial charge in [0.25, 0.3) is 0 Å². The van der Waals surface area contributed by atoms with Crippen LogP contribution in [0.2, 0.25) is 0 Å². The van der Waals surface area contributed by atoms with E-state index >= 15 is 0 Å². The van der Waals surface area contributed by atoms with Crippen molar-refractivity contribution >= 4 is 39.3 Å². The number of benzene rings is 1. The number of carboxylic acid groups (broad SMARTS) is 1. The van der Waals surface area contributed by atoms with Gasteiger partial charge < -0.3 is 20.2 Å². The van der Waals surface area contributed by atoms with Crippen molar-refractivity contribution < 1.29 is 14.7 Å². The molecule has 0 spiro atoms. The minimum Gasteiger partial charge on any atom is -0.481 e. The maximum Gasteiger partial charge on any atom is 0.321 e. The van der Waals surface area contributed by atoms with E-state index in [0.29, 0.717) is 25.9 Å². The van der Waals surface area contributed by atoms with Crippen LogP contribution in [0.3, 0.4) is 0 Å². The van der Waals surface area contributed by atoms with Gasteiger partial charge in [-0.15, -0.1) is 0 Å². The van der Waals surface area contributed by atoms with Gasteiger partial charge >= 0.3 is 12.0 Å². The summed E-state index contributed by atoms with van der Waals surface area (Å²) >= 11 is 3.47. The van der Waals surface area contributed by atoms with Crippen LogP contribution in [0, 0.1) is 5.92 Å². The fourth-order valence-corrected chi connectivity index (χ4v) is 3.73. The second-order valence-corrected chi connectivity index (χ2v) is 7.30. The Morgan fingerprint density at radius 1 is 1.12 bits per heavy atom. The molecule has 2 fully saturated rings. The van der Waals surface area contributed by atoms with Crippen LogP contribution < -0.4 is 10.2 Å². The van der Waals surface area contributed by atoms with Gasteiger partial charge in [0, 0.05) is 30.7 Å². The fraction of sp³-hybridized carbons (Fsp3) is 0.529. The number of amides is 2. The van der Waals surface area contributed by atoms with E-state index in [9.17, 15) is 9.59 Å². The van der Waals surface area contributed by atoms with E-state index in [1.54, 1.807) is 4.90 Å². The molecule has 2 N–H and O–H groups in total. The van der Waals surface area contributed by atoms with E-state index in [2.05, 4.69) is 26.1 Å². The van der Waals surface area contributed by atoms with Gasteiger partial charge in [-0.1, -0.05) is 15.9 Å². The summed E-state index contributed by atoms with van der Waals surface area (Å²) in [5.41, 5.74) is 1.85. The lowest BCUT2D eigenvalue weighted by atomic mass is 9.97. The minimum atomic E-state index is -0.765. The molecule has 24 heavy (non-hydrogen) atoms. The zero-order valence-corrected chi connectivity index (χ0v) is 15.1. The standard InChI is InChI=1S/C17H22BrN3O3/c18-13-3-4-15(20-7-1-2-8-20)14(11-13)19-17(24)21-9-5-12(6-10-21)16(22)23/h3-4,11-12H,1-2,5-10H2,(H,19,24)(H,22,23). The molecule has 0 atom stereocenters. The number of carboxylic acids is 1. The summed E-state index contributed by atoms with van der Waals surface area (Å²) < 4.78 is 0.922. The van der Waals surface area contributed by atoms with Gasteiger partial charge in [-0.2, -0.15) is 0 Å². The number of hydrogen-bond donors (Lipinski definition) is 2. The molecule has 1 aromatic carbocycles. The number of aliphatic carboxylic acids is 1. The normalized spacial score (nSPS) is 18.7. The lowest BCUT2D eigenvalue weighted by molar-refractivity contribution is -0.143. The lowest BCUT2D eigenvalue weighted by Gasteiger charge is -2.31. The number of nitrogens with zero attached hydrogens (tertiary/aromatic N) is 2. The molecule has 3 rings (SSSR count). The smallest absolute Gasteiger partial charge is 0.321 e. The van der Waals surface area contributed by atoms with Crippen molar-refractivity contribution in [1.29, 1.82) is 0 Å². The molecular formula is C17H22BrN3O3. The number of rotatable bonds is 3. The molecule has 2 saturated heterocycles. The van der Waals surface area contributed by atoms with Crippen LogP contribution in [-0.4, -0.2) is 48.2 Å². The summed E-state index contributed by atoms with van der Waals surface area (Å²) in [6.07, 6.45) is 3.37. The molecule has 2 aliphatic heterocycles. The van der Waals surface area contributed by atoms with E-state index < -0.39 is 5.97 Å². The summed E-state index contributed by atoms with van der Waals surface area (Å²) in [6, 6.07) is 5.79. The number of nitrogens with one attached hydrogen (secondary N) is 1. The third-order valence-electron chi connectivity index (χ3n) is 4.78. The van der Waals surface area contributed by atoms with Crippen molar-refractivity contribution in [2.24, 2.45) is 5.92 Å². The Morgan fingerprint density at radius 2 is 1.79 bits per heavy atom. The Labute approximate surface area is 149 Å². The molecule has 0 aliphatic carbocycles. The number of carbonyl (C=O) groups excluding carboxylic acids is 1. The number of carbonyl (C=O) groups is 2. The first kappa shape index (κ1) is 17.1. The molecular weight excluding hydrogens is 374 g/mol. The SMILES string of the molecule is O=C(O)C1CCN(C(=O)Nc2cc(Br)ccc2N2CCCC2)CC1. The highest BCUT2D eigenvalue weighted by Crippen LogP contribution is 2.32. The van der Waals surface area contributed by atoms with Crippen molar-refractivity contribution in [1.82, 2.24) is 4.90 Å². The summed E-state index contributed by atoms with van der Waals surface area (Å²) in [4.78, 5) is 27.6. The van der Waals surface area contributed by atoms with Crippen LogP contribution in [0.1, 0.15) is 25.7 Å². The predicted molar refractivity (Wildman–Crippen MR) is 96.5 cm³/mol. The average molecular weight is 396 g/mol. The molecule has 2 heterocycles. The molecule has 1 aromatic rings. The van der Waals surface area contributed by atoms with Crippen LogP contribution in [0.15, 0.2) is 22.7 Å². The van der Waals surface area contributed by atoms with Crippen LogP contribution in [0.25, 0.3) is 0 Å². The van der Waals surface area contributed by atoms with Crippen molar-refractivity contribution in [3.8, 4) is 0 Å². The molecule has 0 radical (unpaired) electrons. The van der Waals surface area contributed by atoms with Gasteiger partial charge in [-0.05, 0) is 43.9 Å². The van der Waals surface area contributed by atoms with Gasteiger partial charge in [-0.3, -0.25) is 4.79 Å². The molecule has 0 saturated carbocycles. The van der Waals surface area contributed by atoms with Gasteiger partial charge in [0.2, 0.25) is 0 Å². The summed E-state index contributed by atoms with van der Waals surface area (Å²) in [5, 5.41) is 12.1. The molecule has 2 amide bonds. The Morgan fingerprint density at radius 3 is 2.42 bits per heavy atom. The Kier molecular flexibility index (Phi) is 5.28. The molecule has 0 unspecified atom stereocenters. The second-order valence-electron chi connectivity index (χ2n) is 6.39. The average Bonchev–Trinajstić information content (AvgIpc) is 3.09. The molecule has 7 heteroatoms. The number of urea groups is 1. The zero-order valence-electron chi connectivity index (χ0n) is 13.5. The topological polar surface area (TPSA) is 72.9 Å². The van der Waals surface area contributed by atoms with Gasteiger partial charge in [0.15, 0.2) is 0 Å². The van der Waals surface area contributed by atoms with Crippen LogP contribution in [0.5, 0.6) is 0 Å². The monoisotopic (exact) mass is 395 g/mol. The second kappa shape index (κ2) is 7.42. The van der Waals surface area contributed by atoms with E-state index in [0.717, 1.165) is 28.9 Å². The Bertz CT molecular complexity index is 624. The number of likely N-dealkylation sites (tertiary alicyclic amines) is 1. The predicted octanol–water partition coefficient (Wildman–Crippen LogP) is 3.38. The zero-order chi connectivity index (χ0) is 17.1. The first-order valence-corrected chi connectivity index (χ1v) is 9.17. The number of piperidine rings is 1. The van der Waals surface area contributed by atoms with Crippen molar-refractivity contribution in [2.45, 2.75) is 25.7 Å². The van der Waals surface area contributed by atoms with E-state index in [4.69, 9.17) is 5.11 Å². The highest BCUT2D eigenvalue weighted by Gasteiger charge is 2.27. The summed E-state index contributed by atoms with van der Waals surface area (Å²) in [5.74, 6) is -1.10. The summed E-state index contributed by atoms with van der Waals surface area (Å²) in [7, 11) is 0. The number of halogens is 1. The third kappa shape index (κ3) is 3.83. The van der Waals surface area contributed by atoms with Crippen molar-refractivity contribution in [2.75, 3.05) is 36.4 Å². The lowest BCUT2D eigenvalue weighted by Crippen LogP contribution is -2.42. The molecule has 130 valence electrons. The fourth-order valence-electron chi connectivity index (χ4n) is 3.37.